The SMILES string of the molecule is CC(C)CCONC(N)=N/N=C/c1ccccc1Cl.CC(C)CCONC(N)=NN.O=CO.O=Cc1ccccc1Cl. The Balaban J connectivity index is 0. The van der Waals surface area contributed by atoms with E-state index in [9.17, 15) is 4.79 Å². The van der Waals surface area contributed by atoms with Crippen molar-refractivity contribution in [3.63, 3.8) is 0 Å². The van der Waals surface area contributed by atoms with Gasteiger partial charge in [-0.2, -0.15) is 5.10 Å². The zero-order valence-corrected chi connectivity index (χ0v) is 25.8. The first-order valence-corrected chi connectivity index (χ1v) is 13.4. The van der Waals surface area contributed by atoms with Gasteiger partial charge in [-0.1, -0.05) is 87.3 Å². The van der Waals surface area contributed by atoms with Crippen LogP contribution >= 0.6 is 23.2 Å². The summed E-state index contributed by atoms with van der Waals surface area (Å²) < 4.78 is 0. The Kier molecular flexibility index (Phi) is 26.1. The summed E-state index contributed by atoms with van der Waals surface area (Å²) >= 11 is 11.6. The van der Waals surface area contributed by atoms with E-state index in [-0.39, 0.29) is 18.4 Å². The van der Waals surface area contributed by atoms with Crippen LogP contribution in [0.1, 0.15) is 56.5 Å². The van der Waals surface area contributed by atoms with Gasteiger partial charge in [-0.3, -0.25) is 19.3 Å². The zero-order valence-electron chi connectivity index (χ0n) is 24.2. The molecule has 2 rings (SSSR count). The van der Waals surface area contributed by atoms with Gasteiger partial charge in [0, 0.05) is 16.1 Å². The van der Waals surface area contributed by atoms with Gasteiger partial charge in [0.25, 0.3) is 6.47 Å². The lowest BCUT2D eigenvalue weighted by atomic mass is 10.1. The number of hydrogen-bond acceptors (Lipinski definition) is 8. The predicted molar refractivity (Wildman–Crippen MR) is 169 cm³/mol. The van der Waals surface area contributed by atoms with Crippen LogP contribution in [-0.4, -0.2) is 49.2 Å². The summed E-state index contributed by atoms with van der Waals surface area (Å²) in [6, 6.07) is 14.3. The fraction of sp³-hybridized carbons (Fsp3) is 0.370. The third kappa shape index (κ3) is 25.1. The quantitative estimate of drug-likeness (QED) is 0.0522. The Morgan fingerprint density at radius 3 is 1.67 bits per heavy atom. The smallest absolute Gasteiger partial charge is 0.290 e. The van der Waals surface area contributed by atoms with Gasteiger partial charge < -0.3 is 22.4 Å². The number of hydrogen-bond donors (Lipinski definition) is 6. The molecule has 0 aliphatic heterocycles. The molecule has 13 nitrogen and oxygen atoms in total. The van der Waals surface area contributed by atoms with Crippen LogP contribution < -0.4 is 28.3 Å². The van der Waals surface area contributed by atoms with Crippen molar-refractivity contribution in [1.29, 1.82) is 0 Å². The average molecular weight is 630 g/mol. The van der Waals surface area contributed by atoms with Gasteiger partial charge in [-0.25, -0.2) is 11.0 Å². The summed E-state index contributed by atoms with van der Waals surface area (Å²) in [7, 11) is 0. The van der Waals surface area contributed by atoms with Crippen LogP contribution in [0.2, 0.25) is 10.0 Å². The van der Waals surface area contributed by atoms with E-state index in [1.807, 2.05) is 18.2 Å². The first-order valence-electron chi connectivity index (χ1n) is 12.7. The lowest BCUT2D eigenvalue weighted by Crippen LogP contribution is -2.33. The minimum atomic E-state index is -0.250. The second-order valence-electron chi connectivity index (χ2n) is 8.78. The van der Waals surface area contributed by atoms with E-state index in [1.54, 1.807) is 30.3 Å². The van der Waals surface area contributed by atoms with Crippen LogP contribution in [0, 0.1) is 11.8 Å². The van der Waals surface area contributed by atoms with Crippen LogP contribution in [0.5, 0.6) is 0 Å². The Bertz CT molecular complexity index is 1090. The molecule has 15 heteroatoms. The number of nitrogens with two attached hydrogens (primary N) is 3. The maximum atomic E-state index is 10.1. The molecule has 234 valence electrons. The average Bonchev–Trinajstić information content (AvgIpc) is 2.95. The van der Waals surface area contributed by atoms with Gasteiger partial charge in [0.15, 0.2) is 6.29 Å². The maximum absolute atomic E-state index is 10.1. The molecule has 0 fully saturated rings. The molecule has 0 bridgehead atoms. The van der Waals surface area contributed by atoms with Crippen molar-refractivity contribution in [2.45, 2.75) is 40.5 Å². The van der Waals surface area contributed by atoms with Crippen LogP contribution in [0.4, 0.5) is 0 Å². The number of benzene rings is 2. The van der Waals surface area contributed by atoms with Gasteiger partial charge >= 0.3 is 0 Å². The fourth-order valence-electron chi connectivity index (χ4n) is 2.19. The van der Waals surface area contributed by atoms with E-state index < -0.39 is 0 Å². The molecule has 2 aromatic carbocycles. The fourth-order valence-corrected chi connectivity index (χ4v) is 2.55. The molecular weight excluding hydrogens is 587 g/mol. The van der Waals surface area contributed by atoms with Crippen LogP contribution in [0.25, 0.3) is 0 Å². The van der Waals surface area contributed by atoms with Crippen molar-refractivity contribution in [2.24, 2.45) is 44.5 Å². The van der Waals surface area contributed by atoms with Crippen LogP contribution in [0.3, 0.4) is 0 Å². The Labute approximate surface area is 257 Å². The van der Waals surface area contributed by atoms with E-state index in [2.05, 4.69) is 54.0 Å². The highest BCUT2D eigenvalue weighted by molar-refractivity contribution is 6.33. The summed E-state index contributed by atoms with van der Waals surface area (Å²) in [5, 5.41) is 18.7. The highest BCUT2D eigenvalue weighted by Crippen LogP contribution is 2.12. The number of nitrogens with one attached hydrogen (secondary N) is 2. The number of hydroxylamine groups is 2. The van der Waals surface area contributed by atoms with Gasteiger partial charge in [-0.05, 0) is 36.8 Å². The molecule has 0 aliphatic carbocycles. The summed E-state index contributed by atoms with van der Waals surface area (Å²) in [6.07, 6.45) is 4.20. The molecule has 0 atom stereocenters. The number of carboxylic acid groups (broad SMARTS) is 1. The van der Waals surface area contributed by atoms with Crippen LogP contribution in [-0.2, 0) is 14.5 Å². The van der Waals surface area contributed by atoms with Gasteiger partial charge in [0.1, 0.15) is 0 Å². The van der Waals surface area contributed by atoms with Gasteiger partial charge in [-0.15, -0.1) is 10.2 Å². The Morgan fingerprint density at radius 1 is 0.857 bits per heavy atom. The number of rotatable bonds is 11. The normalized spacial score (nSPS) is 11.0. The van der Waals surface area contributed by atoms with E-state index >= 15 is 0 Å². The topological polar surface area (TPSA) is 212 Å². The van der Waals surface area contributed by atoms with Crippen molar-refractivity contribution in [1.82, 2.24) is 11.0 Å². The van der Waals surface area contributed by atoms with Gasteiger partial charge in [0.2, 0.25) is 11.9 Å². The number of hydrazone groups is 1. The van der Waals surface area contributed by atoms with Crippen molar-refractivity contribution in [3.8, 4) is 0 Å². The number of carbonyl (C=O) groups excluding carboxylic acids is 1. The first kappa shape index (κ1) is 40.2. The standard InChI is InChI=1S/C13H19ClN4O.C7H5ClO.C6H16N4O.CH2O2/c1-10(2)7-8-19-18-13(15)17-16-9-11-5-3-4-6-12(11)14;8-7-4-2-1-3-6(7)5-9;1-5(2)3-4-11-10-6(7)9-8;2-1-3/h3-6,9-10H,7-8H2,1-2H3,(H3,15,17,18);1-5H;5H,3-4,8H2,1-2H3,(H3,7,9,10);1H,(H,2,3)/b16-9+;;;. The molecule has 0 radical (unpaired) electrons. The molecule has 42 heavy (non-hydrogen) atoms. The number of nitrogens with zero attached hydrogens (tertiary/aromatic N) is 3. The molecule has 0 heterocycles. The number of guanidine groups is 2. The van der Waals surface area contributed by atoms with Crippen molar-refractivity contribution < 1.29 is 24.4 Å². The molecule has 0 amide bonds. The van der Waals surface area contributed by atoms with Crippen LogP contribution in [0.15, 0.2) is 63.8 Å². The van der Waals surface area contributed by atoms with Gasteiger partial charge in [0.05, 0.1) is 24.5 Å². The minimum Gasteiger partial charge on any atom is -0.483 e. The highest BCUT2D eigenvalue weighted by atomic mass is 35.5. The van der Waals surface area contributed by atoms with E-state index in [0.29, 0.717) is 40.7 Å². The molecule has 0 aliphatic rings. The molecule has 0 saturated carbocycles. The largest absolute Gasteiger partial charge is 0.483 e. The monoisotopic (exact) mass is 628 g/mol. The van der Waals surface area contributed by atoms with E-state index in [1.165, 1.54) is 6.21 Å². The molecular formula is C27H42Cl2N8O5. The number of halogens is 2. The number of aldehydes is 1. The third-order valence-electron chi connectivity index (χ3n) is 4.39. The summed E-state index contributed by atoms with van der Waals surface area (Å²) in [4.78, 5) is 28.5. The lowest BCUT2D eigenvalue weighted by molar-refractivity contribution is -0.122. The summed E-state index contributed by atoms with van der Waals surface area (Å²) in [5.41, 5.74) is 17.0. The second kappa shape index (κ2) is 27.3. The third-order valence-corrected chi connectivity index (χ3v) is 5.08. The lowest BCUT2D eigenvalue weighted by Gasteiger charge is -2.06. The molecule has 0 saturated heterocycles. The highest BCUT2D eigenvalue weighted by Gasteiger charge is 1.97. The maximum Gasteiger partial charge on any atom is 0.290 e. The van der Waals surface area contributed by atoms with E-state index in [4.69, 9.17) is 60.1 Å². The summed E-state index contributed by atoms with van der Waals surface area (Å²) in [5.74, 6) is 6.23. The summed E-state index contributed by atoms with van der Waals surface area (Å²) in [6.45, 7) is 9.40. The Hall–Kier alpha value is -3.91. The predicted octanol–water partition coefficient (Wildman–Crippen LogP) is 4.15. The molecule has 2 aromatic rings. The Morgan fingerprint density at radius 2 is 1.29 bits per heavy atom. The number of carbonyl (C=O) groups is 2. The molecule has 0 unspecified atom stereocenters. The first-order chi connectivity index (χ1) is 20.0. The minimum absolute atomic E-state index is 0.0914. The zero-order chi connectivity index (χ0) is 32.2. The molecule has 9 N–H and O–H groups in total. The second-order valence-corrected chi connectivity index (χ2v) is 9.59. The van der Waals surface area contributed by atoms with Crippen molar-refractivity contribution in [2.75, 3.05) is 13.2 Å². The van der Waals surface area contributed by atoms with Crippen molar-refractivity contribution in [3.05, 3.63) is 69.7 Å². The van der Waals surface area contributed by atoms with E-state index in [0.717, 1.165) is 24.7 Å². The van der Waals surface area contributed by atoms with Crippen molar-refractivity contribution >= 4 is 54.1 Å². The molecule has 0 spiro atoms. The molecule has 0 aromatic heterocycles.